The quantitative estimate of drug-likeness (QED) is 0.752. The Morgan fingerprint density at radius 1 is 1.57 bits per heavy atom. The Morgan fingerprint density at radius 2 is 2.36 bits per heavy atom. The van der Waals surface area contributed by atoms with Crippen molar-refractivity contribution in [1.82, 2.24) is 10.2 Å². The molecule has 1 N–H and O–H groups in total. The maximum absolute atomic E-state index is 10.4. The Hall–Kier alpha value is -1.65. The fourth-order valence-electron chi connectivity index (χ4n) is 1.63. The number of rotatable bonds is 3. The van der Waals surface area contributed by atoms with Crippen molar-refractivity contribution in [2.75, 3.05) is 18.0 Å². The van der Waals surface area contributed by atoms with Gasteiger partial charge < -0.3 is 10.0 Å². The number of hydrogen-bond donors (Lipinski definition) is 1. The third kappa shape index (κ3) is 1.81. The molecule has 1 aromatic heterocycles. The molecule has 1 fully saturated rings. The number of aliphatic carboxylic acids is 1. The molecule has 5 heteroatoms. The van der Waals surface area contributed by atoms with Crippen LogP contribution in [0.15, 0.2) is 18.5 Å². The second kappa shape index (κ2) is 3.61. The summed E-state index contributed by atoms with van der Waals surface area (Å²) in [5.74, 6) is -0.442. The summed E-state index contributed by atoms with van der Waals surface area (Å²) in [5, 5.41) is 16.0. The van der Waals surface area contributed by atoms with Gasteiger partial charge in [-0.15, -0.1) is 0 Å². The minimum Gasteiger partial charge on any atom is -0.481 e. The van der Waals surface area contributed by atoms with E-state index in [4.69, 9.17) is 5.11 Å². The Morgan fingerprint density at radius 3 is 2.93 bits per heavy atom. The van der Waals surface area contributed by atoms with Gasteiger partial charge in [-0.3, -0.25) is 4.79 Å². The first-order valence-corrected chi connectivity index (χ1v) is 4.49. The number of carboxylic acid groups (broad SMARTS) is 1. The molecular weight excluding hydrogens is 182 g/mol. The minimum atomic E-state index is -0.720. The van der Waals surface area contributed by atoms with Crippen LogP contribution < -0.4 is 4.90 Å². The summed E-state index contributed by atoms with van der Waals surface area (Å²) in [4.78, 5) is 12.5. The van der Waals surface area contributed by atoms with Crippen molar-refractivity contribution in [3.8, 4) is 0 Å². The highest BCUT2D eigenvalue weighted by molar-refractivity contribution is 5.67. The lowest BCUT2D eigenvalue weighted by Crippen LogP contribution is -2.47. The van der Waals surface area contributed by atoms with E-state index < -0.39 is 5.97 Å². The highest BCUT2D eigenvalue weighted by atomic mass is 16.4. The summed E-state index contributed by atoms with van der Waals surface area (Å²) in [7, 11) is 0. The van der Waals surface area contributed by atoms with Gasteiger partial charge in [-0.25, -0.2) is 0 Å². The number of aromatic nitrogens is 2. The van der Waals surface area contributed by atoms with Crippen molar-refractivity contribution in [2.45, 2.75) is 6.42 Å². The largest absolute Gasteiger partial charge is 0.481 e. The van der Waals surface area contributed by atoms with Crippen LogP contribution in [0.25, 0.3) is 0 Å². The van der Waals surface area contributed by atoms with Crippen LogP contribution in [-0.4, -0.2) is 34.4 Å². The van der Waals surface area contributed by atoms with E-state index in [1.807, 2.05) is 6.07 Å². The van der Waals surface area contributed by atoms with Crippen LogP contribution in [0.4, 0.5) is 5.69 Å². The minimum absolute atomic E-state index is 0.259. The monoisotopic (exact) mass is 193 g/mol. The van der Waals surface area contributed by atoms with E-state index in [2.05, 4.69) is 15.1 Å². The van der Waals surface area contributed by atoms with E-state index in [1.54, 1.807) is 12.4 Å². The van der Waals surface area contributed by atoms with Crippen molar-refractivity contribution < 1.29 is 9.90 Å². The molecule has 74 valence electrons. The molecule has 5 nitrogen and oxygen atoms in total. The molecule has 1 aliphatic rings. The van der Waals surface area contributed by atoms with Gasteiger partial charge in [0.1, 0.15) is 0 Å². The molecule has 1 aliphatic heterocycles. The normalized spacial score (nSPS) is 16.4. The predicted octanol–water partition coefficient (Wildman–Crippen LogP) is 0.387. The third-order valence-corrected chi connectivity index (χ3v) is 2.35. The van der Waals surface area contributed by atoms with Gasteiger partial charge in [-0.2, -0.15) is 10.2 Å². The van der Waals surface area contributed by atoms with Crippen molar-refractivity contribution in [3.63, 3.8) is 0 Å². The maximum atomic E-state index is 10.4. The van der Waals surface area contributed by atoms with Crippen LogP contribution in [0.1, 0.15) is 6.42 Å². The average Bonchev–Trinajstić information content (AvgIpc) is 2.12. The van der Waals surface area contributed by atoms with Crippen molar-refractivity contribution in [2.24, 2.45) is 5.92 Å². The van der Waals surface area contributed by atoms with Crippen LogP contribution in [0, 0.1) is 5.92 Å². The summed E-state index contributed by atoms with van der Waals surface area (Å²) in [5.41, 5.74) is 1.02. The van der Waals surface area contributed by atoms with E-state index in [9.17, 15) is 4.79 Å². The molecular formula is C9H11N3O2. The topological polar surface area (TPSA) is 66.3 Å². The zero-order valence-corrected chi connectivity index (χ0v) is 7.63. The van der Waals surface area contributed by atoms with E-state index in [0.717, 1.165) is 18.8 Å². The molecule has 0 radical (unpaired) electrons. The first-order chi connectivity index (χ1) is 6.75. The highest BCUT2D eigenvalue weighted by Gasteiger charge is 2.28. The molecule has 0 amide bonds. The van der Waals surface area contributed by atoms with Crippen LogP contribution in [0.5, 0.6) is 0 Å². The van der Waals surface area contributed by atoms with E-state index >= 15 is 0 Å². The van der Waals surface area contributed by atoms with Crippen molar-refractivity contribution >= 4 is 11.7 Å². The van der Waals surface area contributed by atoms with Gasteiger partial charge in [-0.1, -0.05) is 0 Å². The number of carbonyl (C=O) groups is 1. The van der Waals surface area contributed by atoms with Crippen molar-refractivity contribution in [3.05, 3.63) is 18.5 Å². The van der Waals surface area contributed by atoms with E-state index in [0.29, 0.717) is 0 Å². The molecule has 1 saturated heterocycles. The summed E-state index contributed by atoms with van der Waals surface area (Å²) >= 11 is 0. The molecule has 1 aromatic rings. The molecule has 2 heterocycles. The van der Waals surface area contributed by atoms with Crippen LogP contribution in [0.2, 0.25) is 0 Å². The molecule has 0 unspecified atom stereocenters. The molecule has 2 rings (SSSR count). The fourth-order valence-corrected chi connectivity index (χ4v) is 1.63. The number of hydrogen-bond acceptors (Lipinski definition) is 4. The predicted molar refractivity (Wildman–Crippen MR) is 50.0 cm³/mol. The first-order valence-electron chi connectivity index (χ1n) is 4.49. The summed E-state index contributed by atoms with van der Waals surface area (Å²) < 4.78 is 0. The molecule has 0 saturated carbocycles. The van der Waals surface area contributed by atoms with E-state index in [1.165, 1.54) is 0 Å². The number of anilines is 1. The smallest absolute Gasteiger partial charge is 0.303 e. The van der Waals surface area contributed by atoms with Crippen LogP contribution in [0.3, 0.4) is 0 Å². The lowest BCUT2D eigenvalue weighted by atomic mass is 9.96. The van der Waals surface area contributed by atoms with Gasteiger partial charge in [0.2, 0.25) is 0 Å². The molecule has 0 atom stereocenters. The van der Waals surface area contributed by atoms with Gasteiger partial charge in [0.05, 0.1) is 24.5 Å². The summed E-state index contributed by atoms with van der Waals surface area (Å²) in [6, 6.07) is 1.88. The Kier molecular flexibility index (Phi) is 2.30. The molecule has 0 aromatic carbocycles. The number of carboxylic acids is 1. The lowest BCUT2D eigenvalue weighted by Gasteiger charge is -2.40. The van der Waals surface area contributed by atoms with Crippen LogP contribution >= 0.6 is 0 Å². The van der Waals surface area contributed by atoms with E-state index in [-0.39, 0.29) is 12.3 Å². The molecule has 0 spiro atoms. The Bertz CT molecular complexity index is 322. The fraction of sp³-hybridized carbons (Fsp3) is 0.444. The van der Waals surface area contributed by atoms with Crippen LogP contribution in [-0.2, 0) is 4.79 Å². The summed E-state index contributed by atoms with van der Waals surface area (Å²) in [6.07, 6.45) is 3.59. The molecule has 0 bridgehead atoms. The standard InChI is InChI=1S/C9H11N3O2/c13-9(14)3-7-5-12(6-7)8-1-2-10-11-4-8/h1-2,4,7H,3,5-6H2,(H,13,14). The van der Waals surface area contributed by atoms with Gasteiger partial charge >= 0.3 is 5.97 Å². The highest BCUT2D eigenvalue weighted by Crippen LogP contribution is 2.24. The van der Waals surface area contributed by atoms with Gasteiger partial charge in [0.15, 0.2) is 0 Å². The second-order valence-corrected chi connectivity index (χ2v) is 3.47. The van der Waals surface area contributed by atoms with Gasteiger partial charge in [-0.05, 0) is 6.07 Å². The van der Waals surface area contributed by atoms with Gasteiger partial charge in [0, 0.05) is 19.0 Å². The zero-order chi connectivity index (χ0) is 9.97. The molecule has 14 heavy (non-hydrogen) atoms. The third-order valence-electron chi connectivity index (χ3n) is 2.35. The number of nitrogens with zero attached hydrogens (tertiary/aromatic N) is 3. The SMILES string of the molecule is O=C(O)CC1CN(c2ccnnc2)C1. The first kappa shape index (κ1) is 8.93. The zero-order valence-electron chi connectivity index (χ0n) is 7.63. The lowest BCUT2D eigenvalue weighted by molar-refractivity contribution is -0.138. The molecule has 0 aliphatic carbocycles. The Labute approximate surface area is 81.4 Å². The Balaban J connectivity index is 1.86. The summed E-state index contributed by atoms with van der Waals surface area (Å²) in [6.45, 7) is 1.61. The maximum Gasteiger partial charge on any atom is 0.303 e. The second-order valence-electron chi connectivity index (χ2n) is 3.47. The van der Waals surface area contributed by atoms with Crippen molar-refractivity contribution in [1.29, 1.82) is 0 Å². The average molecular weight is 193 g/mol. The van der Waals surface area contributed by atoms with Gasteiger partial charge in [0.25, 0.3) is 0 Å².